The van der Waals surface area contributed by atoms with Gasteiger partial charge in [-0.1, -0.05) is 29.4 Å². The maximum atomic E-state index is 11.9. The quantitative estimate of drug-likeness (QED) is 0.814. The van der Waals surface area contributed by atoms with Gasteiger partial charge in [-0.25, -0.2) is 8.42 Å². The zero-order chi connectivity index (χ0) is 18.9. The molecule has 0 aliphatic carbocycles. The molecule has 0 bridgehead atoms. The first-order valence-corrected chi connectivity index (χ1v) is 10.8. The van der Waals surface area contributed by atoms with Crippen LogP contribution in [0.4, 0.5) is 0 Å². The molecule has 8 heteroatoms. The fourth-order valence-electron chi connectivity index (χ4n) is 2.82. The number of nitrogens with zero attached hydrogens (tertiary/aromatic N) is 1. The van der Waals surface area contributed by atoms with Crippen molar-refractivity contribution in [2.75, 3.05) is 6.26 Å². The van der Waals surface area contributed by atoms with Crippen molar-refractivity contribution in [3.8, 4) is 11.1 Å². The van der Waals surface area contributed by atoms with E-state index in [9.17, 15) is 18.3 Å². The molecule has 0 fully saturated rings. The molecule has 0 amide bonds. The summed E-state index contributed by atoms with van der Waals surface area (Å²) in [4.78, 5) is 16.8. The first kappa shape index (κ1) is 18.6. The number of sulfone groups is 1. The second-order valence-electron chi connectivity index (χ2n) is 6.57. The maximum Gasteiger partial charge on any atom is 0.324 e. The van der Waals surface area contributed by atoms with E-state index >= 15 is 0 Å². The van der Waals surface area contributed by atoms with Crippen LogP contribution in [0.2, 0.25) is 0 Å². The molecule has 138 valence electrons. The van der Waals surface area contributed by atoms with Crippen LogP contribution in [0, 0.1) is 0 Å². The van der Waals surface area contributed by atoms with E-state index < -0.39 is 26.7 Å². The zero-order valence-corrected chi connectivity index (χ0v) is 16.0. The Bertz CT molecular complexity index is 932. The van der Waals surface area contributed by atoms with Gasteiger partial charge in [0.05, 0.1) is 5.71 Å². The highest BCUT2D eigenvalue weighted by molar-refractivity contribution is 7.92. The molecule has 2 atom stereocenters. The Hall–Kier alpha value is -2.19. The van der Waals surface area contributed by atoms with Crippen LogP contribution in [-0.4, -0.2) is 42.3 Å². The minimum atomic E-state index is -3.79. The van der Waals surface area contributed by atoms with Crippen molar-refractivity contribution in [1.82, 2.24) is 0 Å². The van der Waals surface area contributed by atoms with Crippen molar-refractivity contribution >= 4 is 32.9 Å². The van der Waals surface area contributed by atoms with E-state index in [2.05, 4.69) is 10.5 Å². The summed E-state index contributed by atoms with van der Waals surface area (Å²) in [6.07, 6.45) is 0.565. The second-order valence-corrected chi connectivity index (χ2v) is 9.80. The van der Waals surface area contributed by atoms with Crippen LogP contribution in [-0.2, 0) is 19.5 Å². The highest BCUT2D eigenvalue weighted by atomic mass is 32.2. The Balaban J connectivity index is 1.71. The third-order valence-electron chi connectivity index (χ3n) is 4.69. The lowest BCUT2D eigenvalue weighted by Gasteiger charge is -2.24. The van der Waals surface area contributed by atoms with Gasteiger partial charge in [0.2, 0.25) is 0 Å². The molecule has 1 N–H and O–H groups in total. The molecule has 1 unspecified atom stereocenters. The SMILES string of the molecule is CC(C[C@H]1CC(c2ccc(-c3ccsc3)cc2)=NO1)(C(=O)O)S(C)(=O)=O. The van der Waals surface area contributed by atoms with E-state index in [1.54, 1.807) is 11.3 Å². The van der Waals surface area contributed by atoms with Crippen molar-refractivity contribution in [2.45, 2.75) is 30.6 Å². The number of aliphatic carboxylic acids is 1. The molecule has 0 radical (unpaired) electrons. The van der Waals surface area contributed by atoms with E-state index in [-0.39, 0.29) is 6.42 Å². The molecule has 1 aliphatic rings. The van der Waals surface area contributed by atoms with Gasteiger partial charge in [-0.05, 0) is 40.4 Å². The molecule has 0 saturated heterocycles. The van der Waals surface area contributed by atoms with Crippen molar-refractivity contribution in [3.63, 3.8) is 0 Å². The summed E-state index contributed by atoms with van der Waals surface area (Å²) < 4.78 is 21.9. The summed E-state index contributed by atoms with van der Waals surface area (Å²) in [6, 6.07) is 9.90. The molecule has 0 spiro atoms. The number of hydrogen-bond acceptors (Lipinski definition) is 6. The Morgan fingerprint density at radius 1 is 1.27 bits per heavy atom. The van der Waals surface area contributed by atoms with Gasteiger partial charge in [-0.3, -0.25) is 4.79 Å². The molecule has 1 aromatic carbocycles. The third-order valence-corrected chi connectivity index (χ3v) is 7.35. The van der Waals surface area contributed by atoms with Gasteiger partial charge >= 0.3 is 5.97 Å². The molecule has 0 saturated carbocycles. The Kier molecular flexibility index (Phi) is 4.90. The molecule has 26 heavy (non-hydrogen) atoms. The number of thiophene rings is 1. The minimum Gasteiger partial charge on any atom is -0.480 e. The summed E-state index contributed by atoms with van der Waals surface area (Å²) in [5, 5.41) is 17.5. The standard InChI is InChI=1S/C18H19NO5S2/c1-18(17(20)21,26(2,22)23)10-15-9-16(19-24-15)13-5-3-12(4-6-13)14-7-8-25-11-14/h3-8,11,15H,9-10H2,1-2H3,(H,20,21)/t15-,18?/m1/s1. The Morgan fingerprint density at radius 3 is 2.46 bits per heavy atom. The molecule has 3 rings (SSSR count). The van der Waals surface area contributed by atoms with Gasteiger partial charge in [-0.2, -0.15) is 11.3 Å². The van der Waals surface area contributed by atoms with E-state index in [0.717, 1.165) is 22.9 Å². The van der Waals surface area contributed by atoms with E-state index in [4.69, 9.17) is 4.84 Å². The van der Waals surface area contributed by atoms with Gasteiger partial charge in [-0.15, -0.1) is 0 Å². The number of hydrogen-bond donors (Lipinski definition) is 1. The number of rotatable bonds is 6. The molecule has 1 aromatic heterocycles. The number of benzene rings is 1. The molecule has 2 heterocycles. The Labute approximate surface area is 156 Å². The number of oxime groups is 1. The summed E-state index contributed by atoms with van der Waals surface area (Å²) in [6.45, 7) is 1.21. The van der Waals surface area contributed by atoms with Crippen molar-refractivity contribution in [1.29, 1.82) is 0 Å². The van der Waals surface area contributed by atoms with Crippen LogP contribution < -0.4 is 0 Å². The Morgan fingerprint density at radius 2 is 1.92 bits per heavy atom. The van der Waals surface area contributed by atoms with Crippen molar-refractivity contribution in [3.05, 3.63) is 46.7 Å². The van der Waals surface area contributed by atoms with Gasteiger partial charge in [0.25, 0.3) is 0 Å². The van der Waals surface area contributed by atoms with E-state index in [0.29, 0.717) is 12.1 Å². The molecule has 6 nitrogen and oxygen atoms in total. The smallest absolute Gasteiger partial charge is 0.324 e. The summed E-state index contributed by atoms with van der Waals surface area (Å²) >= 11 is 1.63. The first-order chi connectivity index (χ1) is 12.2. The highest BCUT2D eigenvalue weighted by Gasteiger charge is 2.47. The van der Waals surface area contributed by atoms with Gasteiger partial charge in [0, 0.05) is 19.1 Å². The summed E-state index contributed by atoms with van der Waals surface area (Å²) in [7, 11) is -3.79. The van der Waals surface area contributed by atoms with Gasteiger partial charge in [0.15, 0.2) is 14.6 Å². The average Bonchev–Trinajstić information content (AvgIpc) is 3.25. The largest absolute Gasteiger partial charge is 0.480 e. The van der Waals surface area contributed by atoms with Crippen molar-refractivity contribution < 1.29 is 23.2 Å². The second kappa shape index (κ2) is 6.85. The van der Waals surface area contributed by atoms with Gasteiger partial charge < -0.3 is 9.94 Å². The molecule has 2 aromatic rings. The third kappa shape index (κ3) is 3.52. The van der Waals surface area contributed by atoms with Crippen LogP contribution in [0.25, 0.3) is 11.1 Å². The lowest BCUT2D eigenvalue weighted by Crippen LogP contribution is -2.45. The average molecular weight is 393 g/mol. The predicted octanol–water partition coefficient (Wildman–Crippen LogP) is 3.19. The lowest BCUT2D eigenvalue weighted by molar-refractivity contribution is -0.140. The summed E-state index contributed by atoms with van der Waals surface area (Å²) in [5.41, 5.74) is 3.81. The minimum absolute atomic E-state index is 0.152. The van der Waals surface area contributed by atoms with Crippen LogP contribution in [0.5, 0.6) is 0 Å². The fourth-order valence-corrected chi connectivity index (χ4v) is 4.29. The van der Waals surface area contributed by atoms with Crippen LogP contribution in [0.3, 0.4) is 0 Å². The van der Waals surface area contributed by atoms with Crippen LogP contribution >= 0.6 is 11.3 Å². The monoisotopic (exact) mass is 393 g/mol. The maximum absolute atomic E-state index is 11.9. The number of carbonyl (C=O) groups is 1. The van der Waals surface area contributed by atoms with Gasteiger partial charge in [0.1, 0.15) is 6.10 Å². The molecular formula is C18H19NO5S2. The van der Waals surface area contributed by atoms with E-state index in [1.165, 1.54) is 6.92 Å². The van der Waals surface area contributed by atoms with Crippen LogP contribution in [0.15, 0.2) is 46.2 Å². The normalized spacial score (nSPS) is 19.5. The predicted molar refractivity (Wildman–Crippen MR) is 101 cm³/mol. The van der Waals surface area contributed by atoms with Crippen molar-refractivity contribution in [2.24, 2.45) is 5.16 Å². The molecule has 1 aliphatic heterocycles. The molecular weight excluding hydrogens is 374 g/mol. The lowest BCUT2D eigenvalue weighted by atomic mass is 9.96. The van der Waals surface area contributed by atoms with E-state index in [1.807, 2.05) is 35.7 Å². The topological polar surface area (TPSA) is 93.0 Å². The highest BCUT2D eigenvalue weighted by Crippen LogP contribution is 2.30. The summed E-state index contributed by atoms with van der Waals surface area (Å²) in [5.74, 6) is -1.38. The number of carboxylic acids is 1. The first-order valence-electron chi connectivity index (χ1n) is 7.99. The van der Waals surface area contributed by atoms with Crippen LogP contribution in [0.1, 0.15) is 25.3 Å². The zero-order valence-electron chi connectivity index (χ0n) is 14.4. The number of carboxylic acid groups (broad SMARTS) is 1. The fraction of sp³-hybridized carbons (Fsp3) is 0.333.